The van der Waals surface area contributed by atoms with Gasteiger partial charge in [-0.15, -0.1) is 0 Å². The Bertz CT molecular complexity index is 1130. The average Bonchev–Trinajstić information content (AvgIpc) is 3.38. The number of aromatic hydroxyl groups is 1. The molecule has 1 saturated carbocycles. The number of pyridine rings is 1. The number of nitrogen functional groups attached to an aromatic ring is 1. The van der Waals surface area contributed by atoms with Crippen molar-refractivity contribution in [1.82, 2.24) is 9.88 Å². The van der Waals surface area contributed by atoms with Crippen molar-refractivity contribution in [3.8, 4) is 22.9 Å². The first-order chi connectivity index (χ1) is 13.7. The van der Waals surface area contributed by atoms with Gasteiger partial charge in [0.25, 0.3) is 0 Å². The minimum absolute atomic E-state index is 0.139. The molecule has 1 aliphatic heterocycles. The van der Waals surface area contributed by atoms with E-state index in [1.165, 1.54) is 25.7 Å². The van der Waals surface area contributed by atoms with Crippen molar-refractivity contribution < 1.29 is 5.11 Å². The zero-order valence-electron chi connectivity index (χ0n) is 15.7. The summed E-state index contributed by atoms with van der Waals surface area (Å²) in [5.74, 6) is 0.139. The second-order valence-corrected chi connectivity index (χ2v) is 7.81. The molecule has 0 saturated heterocycles. The normalized spacial score (nSPS) is 17.1. The summed E-state index contributed by atoms with van der Waals surface area (Å²) in [6, 6.07) is 13.8. The SMILES string of the molecule is N#Cc1ccccc1-c1ccc(O)c2c(N)c3c(nc12)CN(C1CCCC1)C3. The van der Waals surface area contributed by atoms with E-state index in [1.807, 2.05) is 24.3 Å². The van der Waals surface area contributed by atoms with Gasteiger partial charge in [0.2, 0.25) is 0 Å². The van der Waals surface area contributed by atoms with E-state index in [1.54, 1.807) is 12.1 Å². The quantitative estimate of drug-likeness (QED) is 0.702. The molecule has 5 rings (SSSR count). The summed E-state index contributed by atoms with van der Waals surface area (Å²) in [5, 5.41) is 20.7. The molecule has 0 atom stereocenters. The molecule has 3 aromatic rings. The number of benzene rings is 2. The molecule has 1 aliphatic carbocycles. The van der Waals surface area contributed by atoms with Crippen LogP contribution in [0.3, 0.4) is 0 Å². The van der Waals surface area contributed by atoms with Crippen LogP contribution < -0.4 is 5.73 Å². The summed E-state index contributed by atoms with van der Waals surface area (Å²) in [6.45, 7) is 1.60. The number of nitrogens with two attached hydrogens (primary N) is 1. The Kier molecular flexibility index (Phi) is 3.96. The van der Waals surface area contributed by atoms with Gasteiger partial charge in [-0.1, -0.05) is 31.0 Å². The summed E-state index contributed by atoms with van der Waals surface area (Å²) in [4.78, 5) is 7.43. The Morgan fingerprint density at radius 1 is 1.07 bits per heavy atom. The lowest BCUT2D eigenvalue weighted by Crippen LogP contribution is -2.27. The molecule has 0 amide bonds. The van der Waals surface area contributed by atoms with Gasteiger partial charge in [-0.05, 0) is 31.0 Å². The van der Waals surface area contributed by atoms with Gasteiger partial charge in [-0.25, -0.2) is 0 Å². The highest BCUT2D eigenvalue weighted by Crippen LogP contribution is 2.42. The maximum Gasteiger partial charge on any atom is 0.127 e. The van der Waals surface area contributed by atoms with E-state index >= 15 is 0 Å². The minimum Gasteiger partial charge on any atom is -0.507 e. The third-order valence-corrected chi connectivity index (χ3v) is 6.24. The molecule has 0 radical (unpaired) electrons. The fourth-order valence-electron chi connectivity index (χ4n) is 4.79. The van der Waals surface area contributed by atoms with Crippen LogP contribution in [0.4, 0.5) is 5.69 Å². The van der Waals surface area contributed by atoms with Crippen LogP contribution in [0, 0.1) is 11.3 Å². The number of fused-ring (bicyclic) bond motifs is 2. The van der Waals surface area contributed by atoms with Gasteiger partial charge in [0.1, 0.15) is 5.75 Å². The number of nitriles is 1. The monoisotopic (exact) mass is 370 g/mol. The third-order valence-electron chi connectivity index (χ3n) is 6.24. The second-order valence-electron chi connectivity index (χ2n) is 7.81. The Morgan fingerprint density at radius 2 is 1.86 bits per heavy atom. The number of hydrogen-bond donors (Lipinski definition) is 2. The fraction of sp³-hybridized carbons (Fsp3) is 0.304. The van der Waals surface area contributed by atoms with Gasteiger partial charge in [-0.3, -0.25) is 9.88 Å². The zero-order chi connectivity index (χ0) is 19.3. The van der Waals surface area contributed by atoms with Gasteiger partial charge in [-0.2, -0.15) is 5.26 Å². The number of aromatic nitrogens is 1. The van der Waals surface area contributed by atoms with E-state index in [4.69, 9.17) is 10.7 Å². The molecule has 2 aliphatic rings. The highest BCUT2D eigenvalue weighted by atomic mass is 16.3. The fourth-order valence-corrected chi connectivity index (χ4v) is 4.79. The lowest BCUT2D eigenvalue weighted by atomic mass is 9.95. The van der Waals surface area contributed by atoms with Gasteiger partial charge in [0, 0.05) is 35.8 Å². The molecule has 3 N–H and O–H groups in total. The molecule has 0 spiro atoms. The Balaban J connectivity index is 1.70. The first-order valence-electron chi connectivity index (χ1n) is 9.84. The van der Waals surface area contributed by atoms with Crippen LogP contribution in [-0.4, -0.2) is 21.0 Å². The maximum atomic E-state index is 10.6. The standard InChI is InChI=1S/C23H22N4O/c24-11-14-5-1-4-8-16(14)17-9-10-20(28)21-22(25)18-12-27(15-6-2-3-7-15)13-19(18)26-23(17)21/h1,4-5,8-10,15,28H,2-3,6-7,12-13H2,(H2,25,26). The molecule has 5 heteroatoms. The lowest BCUT2D eigenvalue weighted by molar-refractivity contribution is 0.201. The van der Waals surface area contributed by atoms with Gasteiger partial charge < -0.3 is 10.8 Å². The van der Waals surface area contributed by atoms with E-state index in [0.717, 1.165) is 35.5 Å². The van der Waals surface area contributed by atoms with Crippen LogP contribution in [0.5, 0.6) is 5.75 Å². The first-order valence-corrected chi connectivity index (χ1v) is 9.84. The summed E-state index contributed by atoms with van der Waals surface area (Å²) in [7, 11) is 0. The first kappa shape index (κ1) is 17.0. The topological polar surface area (TPSA) is 86.2 Å². The summed E-state index contributed by atoms with van der Waals surface area (Å²) < 4.78 is 0. The molecule has 2 heterocycles. The van der Waals surface area contributed by atoms with E-state index in [0.29, 0.717) is 28.2 Å². The molecular formula is C23H22N4O. The highest BCUT2D eigenvalue weighted by Gasteiger charge is 2.31. The molecule has 0 unspecified atom stereocenters. The zero-order valence-corrected chi connectivity index (χ0v) is 15.7. The van der Waals surface area contributed by atoms with Crippen LogP contribution in [0.15, 0.2) is 36.4 Å². The largest absolute Gasteiger partial charge is 0.507 e. The Morgan fingerprint density at radius 3 is 2.64 bits per heavy atom. The summed E-state index contributed by atoms with van der Waals surface area (Å²) >= 11 is 0. The number of nitrogens with zero attached hydrogens (tertiary/aromatic N) is 3. The Labute approximate surface area is 164 Å². The van der Waals surface area contributed by atoms with Gasteiger partial charge in [0.15, 0.2) is 0 Å². The van der Waals surface area contributed by atoms with Crippen molar-refractivity contribution in [2.75, 3.05) is 5.73 Å². The van der Waals surface area contributed by atoms with E-state index in [9.17, 15) is 10.4 Å². The summed E-state index contributed by atoms with van der Waals surface area (Å²) in [6.07, 6.45) is 5.05. The van der Waals surface area contributed by atoms with E-state index < -0.39 is 0 Å². The van der Waals surface area contributed by atoms with Crippen LogP contribution in [0.25, 0.3) is 22.0 Å². The van der Waals surface area contributed by atoms with Crippen molar-refractivity contribution in [2.45, 2.75) is 44.8 Å². The molecule has 2 aromatic carbocycles. The molecule has 28 heavy (non-hydrogen) atoms. The predicted molar refractivity (Wildman–Crippen MR) is 109 cm³/mol. The number of phenols is 1. The smallest absolute Gasteiger partial charge is 0.127 e. The van der Waals surface area contributed by atoms with Crippen molar-refractivity contribution in [3.63, 3.8) is 0 Å². The molecule has 140 valence electrons. The van der Waals surface area contributed by atoms with Gasteiger partial charge >= 0.3 is 0 Å². The van der Waals surface area contributed by atoms with Crippen molar-refractivity contribution >= 4 is 16.6 Å². The number of rotatable bonds is 2. The summed E-state index contributed by atoms with van der Waals surface area (Å²) in [5.41, 5.74) is 12.1. The minimum atomic E-state index is 0.139. The van der Waals surface area contributed by atoms with Crippen LogP contribution in [0.1, 0.15) is 42.5 Å². The van der Waals surface area contributed by atoms with Crippen molar-refractivity contribution in [1.29, 1.82) is 5.26 Å². The van der Waals surface area contributed by atoms with Crippen LogP contribution in [0.2, 0.25) is 0 Å². The number of hydrogen-bond acceptors (Lipinski definition) is 5. The molecule has 5 nitrogen and oxygen atoms in total. The molecular weight excluding hydrogens is 348 g/mol. The van der Waals surface area contributed by atoms with Crippen molar-refractivity contribution in [3.05, 3.63) is 53.2 Å². The predicted octanol–water partition coefficient (Wildman–Crippen LogP) is 4.32. The molecule has 1 aromatic heterocycles. The average molecular weight is 370 g/mol. The van der Waals surface area contributed by atoms with E-state index in [-0.39, 0.29) is 5.75 Å². The second kappa shape index (κ2) is 6.50. The number of phenolic OH excluding ortho intramolecular Hbond substituents is 1. The van der Waals surface area contributed by atoms with Crippen LogP contribution in [-0.2, 0) is 13.1 Å². The maximum absolute atomic E-state index is 10.6. The molecule has 1 fully saturated rings. The lowest BCUT2D eigenvalue weighted by Gasteiger charge is -2.22. The van der Waals surface area contributed by atoms with Crippen molar-refractivity contribution in [2.24, 2.45) is 0 Å². The third kappa shape index (κ3) is 2.53. The van der Waals surface area contributed by atoms with Crippen LogP contribution >= 0.6 is 0 Å². The Hall–Kier alpha value is -3.10. The van der Waals surface area contributed by atoms with Gasteiger partial charge in [0.05, 0.1) is 33.9 Å². The highest BCUT2D eigenvalue weighted by molar-refractivity contribution is 6.05. The number of anilines is 1. The van der Waals surface area contributed by atoms with E-state index in [2.05, 4.69) is 11.0 Å². The molecule has 0 bridgehead atoms.